The van der Waals surface area contributed by atoms with Crippen LogP contribution in [-0.2, 0) is 4.79 Å². The van der Waals surface area contributed by atoms with Crippen molar-refractivity contribution in [2.24, 2.45) is 5.73 Å². The highest BCUT2D eigenvalue weighted by Crippen LogP contribution is 2.30. The third-order valence-electron chi connectivity index (χ3n) is 3.61. The Morgan fingerprint density at radius 3 is 2.60 bits per heavy atom. The second-order valence-electron chi connectivity index (χ2n) is 5.02. The van der Waals surface area contributed by atoms with Crippen LogP contribution in [-0.4, -0.2) is 18.6 Å². The maximum Gasteiger partial charge on any atom is 0.244 e. The Bertz CT molecular complexity index is 474. The molecular weight excluding hydrogens is 299 g/mol. The summed E-state index contributed by atoms with van der Waals surface area (Å²) >= 11 is 5.95. The van der Waals surface area contributed by atoms with Crippen molar-refractivity contribution in [1.82, 2.24) is 0 Å². The molecule has 1 aliphatic carbocycles. The summed E-state index contributed by atoms with van der Waals surface area (Å²) < 4.78 is 5.12. The van der Waals surface area contributed by atoms with Crippen LogP contribution in [0.25, 0.3) is 0 Å². The summed E-state index contributed by atoms with van der Waals surface area (Å²) in [4.78, 5) is 12.3. The second-order valence-corrected chi connectivity index (χ2v) is 5.43. The number of anilines is 1. The minimum atomic E-state index is -0.745. The number of carbonyl (C=O) groups is 1. The lowest BCUT2D eigenvalue weighted by Gasteiger charge is -2.31. The van der Waals surface area contributed by atoms with Crippen molar-refractivity contribution < 1.29 is 9.53 Å². The monoisotopic (exact) mass is 318 g/mol. The van der Waals surface area contributed by atoms with Crippen LogP contribution in [0.15, 0.2) is 18.2 Å². The van der Waals surface area contributed by atoms with Crippen molar-refractivity contribution in [2.75, 3.05) is 12.4 Å². The van der Waals surface area contributed by atoms with Crippen molar-refractivity contribution in [3.63, 3.8) is 0 Å². The van der Waals surface area contributed by atoms with Crippen LogP contribution in [0.1, 0.15) is 32.1 Å². The summed E-state index contributed by atoms with van der Waals surface area (Å²) in [5.74, 6) is 0.408. The van der Waals surface area contributed by atoms with Crippen molar-refractivity contribution in [1.29, 1.82) is 0 Å². The molecule has 0 aliphatic heterocycles. The van der Waals surface area contributed by atoms with E-state index >= 15 is 0 Å². The summed E-state index contributed by atoms with van der Waals surface area (Å²) in [5, 5.41) is 3.37. The average Bonchev–Trinajstić information content (AvgIpc) is 2.41. The molecule has 0 unspecified atom stereocenters. The highest BCUT2D eigenvalue weighted by molar-refractivity contribution is 6.32. The Balaban J connectivity index is 0.00000200. The van der Waals surface area contributed by atoms with Gasteiger partial charge in [-0.05, 0) is 25.0 Å². The minimum absolute atomic E-state index is 0. The quantitative estimate of drug-likeness (QED) is 0.898. The predicted molar refractivity (Wildman–Crippen MR) is 83.9 cm³/mol. The van der Waals surface area contributed by atoms with Crippen molar-refractivity contribution in [2.45, 2.75) is 37.6 Å². The molecule has 0 spiro atoms. The molecule has 0 bridgehead atoms. The van der Waals surface area contributed by atoms with Crippen LogP contribution in [0.2, 0.25) is 5.02 Å². The molecule has 1 aromatic carbocycles. The zero-order valence-corrected chi connectivity index (χ0v) is 13.0. The van der Waals surface area contributed by atoms with Crippen LogP contribution >= 0.6 is 24.0 Å². The first kappa shape index (κ1) is 17.1. The van der Waals surface area contributed by atoms with E-state index in [9.17, 15) is 4.79 Å². The Morgan fingerprint density at radius 1 is 1.35 bits per heavy atom. The van der Waals surface area contributed by atoms with Crippen LogP contribution in [0.4, 0.5) is 5.69 Å². The molecule has 4 nitrogen and oxygen atoms in total. The van der Waals surface area contributed by atoms with E-state index in [0.717, 1.165) is 32.1 Å². The van der Waals surface area contributed by atoms with E-state index in [2.05, 4.69) is 5.32 Å². The zero-order chi connectivity index (χ0) is 13.9. The number of benzene rings is 1. The molecule has 3 N–H and O–H groups in total. The number of nitrogens with two attached hydrogens (primary N) is 1. The second kappa shape index (κ2) is 7.16. The Kier molecular flexibility index (Phi) is 6.11. The molecular formula is C14H20Cl2N2O2. The van der Waals surface area contributed by atoms with Crippen LogP contribution < -0.4 is 15.8 Å². The summed E-state index contributed by atoms with van der Waals surface area (Å²) in [6, 6.07) is 5.14. The van der Waals surface area contributed by atoms with E-state index in [1.165, 1.54) is 0 Å². The normalized spacial score (nSPS) is 16.9. The predicted octanol–water partition coefficient (Wildman–Crippen LogP) is 3.37. The third-order valence-corrected chi connectivity index (χ3v) is 3.92. The molecule has 112 valence electrons. The topological polar surface area (TPSA) is 64.3 Å². The van der Waals surface area contributed by atoms with Crippen molar-refractivity contribution in [3.8, 4) is 5.75 Å². The molecule has 20 heavy (non-hydrogen) atoms. The molecule has 1 saturated carbocycles. The number of hydrogen-bond donors (Lipinski definition) is 2. The molecule has 0 heterocycles. The van der Waals surface area contributed by atoms with Crippen LogP contribution in [0.5, 0.6) is 5.75 Å². The summed E-state index contributed by atoms with van der Waals surface area (Å²) in [5.41, 5.74) is 6.09. The molecule has 2 rings (SSSR count). The maximum atomic E-state index is 12.3. The van der Waals surface area contributed by atoms with Crippen molar-refractivity contribution >= 4 is 35.6 Å². The number of halogens is 2. The molecule has 1 aromatic rings. The van der Waals surface area contributed by atoms with Gasteiger partial charge in [-0.1, -0.05) is 30.9 Å². The standard InChI is InChI=1S/C14H19ClN2O2.ClH/c1-19-12-9-10(5-6-11(12)15)17-13(18)14(16)7-3-2-4-8-14;/h5-6,9H,2-4,7-8,16H2,1H3,(H,17,18);1H. The van der Waals surface area contributed by atoms with Gasteiger partial charge in [-0.15, -0.1) is 12.4 Å². The number of amides is 1. The van der Waals surface area contributed by atoms with Gasteiger partial charge in [0.05, 0.1) is 17.7 Å². The lowest BCUT2D eigenvalue weighted by molar-refractivity contribution is -0.122. The van der Waals surface area contributed by atoms with E-state index in [4.69, 9.17) is 22.1 Å². The first-order chi connectivity index (χ1) is 9.05. The van der Waals surface area contributed by atoms with Gasteiger partial charge in [0.2, 0.25) is 5.91 Å². The molecule has 0 radical (unpaired) electrons. The number of ether oxygens (including phenoxy) is 1. The third kappa shape index (κ3) is 3.78. The van der Waals surface area contributed by atoms with Gasteiger partial charge >= 0.3 is 0 Å². The number of methoxy groups -OCH3 is 1. The zero-order valence-electron chi connectivity index (χ0n) is 11.4. The Morgan fingerprint density at radius 2 is 2.00 bits per heavy atom. The minimum Gasteiger partial charge on any atom is -0.495 e. The fourth-order valence-electron chi connectivity index (χ4n) is 2.40. The maximum absolute atomic E-state index is 12.3. The van der Waals surface area contributed by atoms with E-state index in [1.807, 2.05) is 0 Å². The fourth-order valence-corrected chi connectivity index (χ4v) is 2.60. The van der Waals surface area contributed by atoms with Gasteiger partial charge in [0.15, 0.2) is 0 Å². The Hall–Kier alpha value is -0.970. The molecule has 0 aromatic heterocycles. The highest BCUT2D eigenvalue weighted by atomic mass is 35.5. The summed E-state index contributed by atoms with van der Waals surface area (Å²) in [6.07, 6.45) is 4.65. The molecule has 0 atom stereocenters. The van der Waals surface area contributed by atoms with Gasteiger partial charge in [0.25, 0.3) is 0 Å². The van der Waals surface area contributed by atoms with Crippen molar-refractivity contribution in [3.05, 3.63) is 23.2 Å². The first-order valence-corrected chi connectivity index (χ1v) is 6.87. The number of rotatable bonds is 3. The van der Waals surface area contributed by atoms with Gasteiger partial charge in [0.1, 0.15) is 5.75 Å². The van der Waals surface area contributed by atoms with E-state index in [0.29, 0.717) is 16.5 Å². The number of carbonyl (C=O) groups excluding carboxylic acids is 1. The highest BCUT2D eigenvalue weighted by Gasteiger charge is 2.35. The lowest BCUT2D eigenvalue weighted by Crippen LogP contribution is -2.52. The summed E-state index contributed by atoms with van der Waals surface area (Å²) in [7, 11) is 1.54. The average molecular weight is 319 g/mol. The Labute approximate surface area is 130 Å². The molecule has 1 fully saturated rings. The van der Waals surface area contributed by atoms with Gasteiger partial charge in [0, 0.05) is 11.8 Å². The van der Waals surface area contributed by atoms with Gasteiger partial charge in [-0.3, -0.25) is 4.79 Å². The SMILES string of the molecule is COc1cc(NC(=O)C2(N)CCCCC2)ccc1Cl.Cl. The van der Waals surface area contributed by atoms with E-state index in [-0.39, 0.29) is 18.3 Å². The number of hydrogen-bond acceptors (Lipinski definition) is 3. The molecule has 0 saturated heterocycles. The van der Waals surface area contributed by atoms with Crippen LogP contribution in [0.3, 0.4) is 0 Å². The number of nitrogens with one attached hydrogen (secondary N) is 1. The molecule has 1 aliphatic rings. The fraction of sp³-hybridized carbons (Fsp3) is 0.500. The van der Waals surface area contributed by atoms with Crippen LogP contribution in [0, 0.1) is 0 Å². The molecule has 1 amide bonds. The van der Waals surface area contributed by atoms with E-state index < -0.39 is 5.54 Å². The van der Waals surface area contributed by atoms with Gasteiger partial charge < -0.3 is 15.8 Å². The largest absolute Gasteiger partial charge is 0.495 e. The summed E-state index contributed by atoms with van der Waals surface area (Å²) in [6.45, 7) is 0. The lowest BCUT2D eigenvalue weighted by atomic mass is 9.82. The molecule has 6 heteroatoms. The van der Waals surface area contributed by atoms with Gasteiger partial charge in [-0.2, -0.15) is 0 Å². The smallest absolute Gasteiger partial charge is 0.244 e. The van der Waals surface area contributed by atoms with E-state index in [1.54, 1.807) is 25.3 Å². The van der Waals surface area contributed by atoms with Gasteiger partial charge in [-0.25, -0.2) is 0 Å². The first-order valence-electron chi connectivity index (χ1n) is 6.49.